The molecule has 0 saturated heterocycles. The molecule has 2 aromatic carbocycles. The lowest BCUT2D eigenvalue weighted by molar-refractivity contribution is -0.135. The number of hydrogen-bond donors (Lipinski definition) is 10. The van der Waals surface area contributed by atoms with Gasteiger partial charge < -0.3 is 57.9 Å². The van der Waals surface area contributed by atoms with E-state index in [1.807, 2.05) is 76.4 Å². The second-order valence-corrected chi connectivity index (χ2v) is 20.3. The van der Waals surface area contributed by atoms with E-state index in [0.717, 1.165) is 30.8 Å². The van der Waals surface area contributed by atoms with Gasteiger partial charge in [-0.3, -0.25) is 43.2 Å². The molecule has 2 rings (SSSR count). The van der Waals surface area contributed by atoms with Gasteiger partial charge in [0.05, 0.1) is 19.7 Å². The van der Waals surface area contributed by atoms with Crippen LogP contribution in [0.3, 0.4) is 0 Å². The lowest BCUT2D eigenvalue weighted by Crippen LogP contribution is -2.59. The number of rotatable bonds is 32. The molecule has 0 radical (unpaired) electrons. The number of benzene rings is 2. The Morgan fingerprint density at radius 1 is 0.616 bits per heavy atom. The van der Waals surface area contributed by atoms with Crippen LogP contribution in [0.4, 0.5) is 0 Å². The predicted molar refractivity (Wildman–Crippen MR) is 283 cm³/mol. The summed E-state index contributed by atoms with van der Waals surface area (Å²) < 4.78 is 0. The second kappa shape index (κ2) is 32.9. The van der Waals surface area contributed by atoms with Crippen molar-refractivity contribution < 1.29 is 48.3 Å². The minimum atomic E-state index is -1.54. The molecule has 0 aliphatic carbocycles. The van der Waals surface area contributed by atoms with Crippen LogP contribution in [0.1, 0.15) is 109 Å². The van der Waals surface area contributed by atoms with Gasteiger partial charge in [-0.05, 0) is 105 Å². The van der Waals surface area contributed by atoms with Crippen LogP contribution in [-0.4, -0.2) is 158 Å². The normalized spacial score (nSPS) is 13.8. The van der Waals surface area contributed by atoms with Gasteiger partial charge in [-0.1, -0.05) is 90.9 Å². The third kappa shape index (κ3) is 23.6. The summed E-state index contributed by atoms with van der Waals surface area (Å²) in [5.74, 6) is -5.50. The maximum atomic E-state index is 14.1. The number of likely N-dealkylation sites (N-methyl/N-ethyl adjacent to an activating group) is 1. The van der Waals surface area contributed by atoms with Gasteiger partial charge in [-0.25, -0.2) is 0 Å². The topological polar surface area (TPSA) is 285 Å². The van der Waals surface area contributed by atoms with Crippen LogP contribution in [0, 0.1) is 5.92 Å². The highest BCUT2D eigenvalue weighted by Gasteiger charge is 2.32. The Balaban J connectivity index is 2.20. The molecule has 0 bridgehead atoms. The Labute approximate surface area is 435 Å². The highest BCUT2D eigenvalue weighted by Crippen LogP contribution is 2.22. The number of carbonyl (C=O) groups is 9. The van der Waals surface area contributed by atoms with Crippen molar-refractivity contribution in [1.29, 1.82) is 0 Å². The molecular formula is C52H82N10O10S. The Morgan fingerprint density at radius 2 is 1.19 bits per heavy atom. The van der Waals surface area contributed by atoms with Gasteiger partial charge >= 0.3 is 0 Å². The number of hydrogen-bond acceptors (Lipinski definition) is 12. The summed E-state index contributed by atoms with van der Waals surface area (Å²) >= 11 is 1.50. The zero-order chi connectivity index (χ0) is 54.7. The molecule has 0 heterocycles. The van der Waals surface area contributed by atoms with Gasteiger partial charge in [0.1, 0.15) is 36.3 Å². The number of amides is 9. The first kappa shape index (κ1) is 63.1. The fourth-order valence-corrected chi connectivity index (χ4v) is 7.96. The Morgan fingerprint density at radius 3 is 1.77 bits per heavy atom. The quantitative estimate of drug-likeness (QED) is 0.0461. The average molecular weight is 1040 g/mol. The van der Waals surface area contributed by atoms with Gasteiger partial charge in [0.15, 0.2) is 0 Å². The zero-order valence-electron chi connectivity index (χ0n) is 44.4. The molecule has 21 heteroatoms. The number of nitrogens with zero attached hydrogens (tertiary/aromatic N) is 1. The first-order chi connectivity index (χ1) is 34.6. The molecule has 2 aromatic rings. The second-order valence-electron chi connectivity index (χ2n) is 19.3. The van der Waals surface area contributed by atoms with Crippen molar-refractivity contribution in [3.05, 3.63) is 71.3 Å². The third-order valence-electron chi connectivity index (χ3n) is 11.9. The smallest absolute Gasteiger partial charge is 0.251 e. The van der Waals surface area contributed by atoms with E-state index in [9.17, 15) is 48.3 Å². The van der Waals surface area contributed by atoms with Crippen molar-refractivity contribution in [2.45, 2.75) is 136 Å². The molecule has 0 spiro atoms. The Hall–Kier alpha value is -6.06. The van der Waals surface area contributed by atoms with Crippen LogP contribution in [0.2, 0.25) is 0 Å². The zero-order valence-corrected chi connectivity index (χ0v) is 45.2. The molecule has 10 N–H and O–H groups in total. The SMILES string of the molecule is CCN(CC)CCCC[C@H](NC(=O)C(CC(C)C)NC(=O)[C@H](C)NC(=O)C(Cc1ccccc1)NC(=O)c1ccc(C(C)(C)C)cc1)C(=O)NC(CO)C(=O)NCC(=O)NCC(=O)N[C@@H](CCSC)C(=O)NC. The summed E-state index contributed by atoms with van der Waals surface area (Å²) in [5, 5.41) is 33.4. The van der Waals surface area contributed by atoms with E-state index in [1.165, 1.54) is 25.7 Å². The summed E-state index contributed by atoms with van der Waals surface area (Å²) in [6.07, 6.45) is 3.78. The van der Waals surface area contributed by atoms with Crippen LogP contribution in [0.5, 0.6) is 0 Å². The van der Waals surface area contributed by atoms with E-state index in [1.54, 1.807) is 12.1 Å². The fraction of sp³-hybridized carbons (Fsp3) is 0.596. The van der Waals surface area contributed by atoms with E-state index in [0.29, 0.717) is 30.6 Å². The Kier molecular flexibility index (Phi) is 28.4. The third-order valence-corrected chi connectivity index (χ3v) is 12.6. The van der Waals surface area contributed by atoms with Crippen LogP contribution < -0.4 is 47.9 Å². The van der Waals surface area contributed by atoms with Crippen molar-refractivity contribution in [2.75, 3.05) is 58.4 Å². The van der Waals surface area contributed by atoms with E-state index >= 15 is 0 Å². The number of carbonyl (C=O) groups excluding carboxylic acids is 9. The molecule has 3 unspecified atom stereocenters. The number of aliphatic hydroxyl groups excluding tert-OH is 1. The van der Waals surface area contributed by atoms with Crippen LogP contribution in [0.25, 0.3) is 0 Å². The summed E-state index contributed by atoms with van der Waals surface area (Å²) in [5.41, 5.74) is 2.03. The maximum absolute atomic E-state index is 14.1. The molecule has 9 amide bonds. The maximum Gasteiger partial charge on any atom is 0.251 e. The highest BCUT2D eigenvalue weighted by atomic mass is 32.2. The van der Waals surface area contributed by atoms with Crippen molar-refractivity contribution in [3.63, 3.8) is 0 Å². The molecule has 73 heavy (non-hydrogen) atoms. The van der Waals surface area contributed by atoms with Gasteiger partial charge in [0, 0.05) is 19.0 Å². The van der Waals surface area contributed by atoms with E-state index < -0.39 is 103 Å². The van der Waals surface area contributed by atoms with Gasteiger partial charge in [-0.15, -0.1) is 0 Å². The largest absolute Gasteiger partial charge is 0.394 e. The van der Waals surface area contributed by atoms with Crippen LogP contribution in [-0.2, 0) is 50.2 Å². The predicted octanol–water partition coefficient (Wildman–Crippen LogP) is 1.05. The number of thioether (sulfide) groups is 1. The van der Waals surface area contributed by atoms with Crippen molar-refractivity contribution in [2.24, 2.45) is 5.92 Å². The molecule has 406 valence electrons. The molecular weight excluding hydrogens is 957 g/mol. The molecule has 0 fully saturated rings. The van der Waals surface area contributed by atoms with Crippen LogP contribution in [0.15, 0.2) is 54.6 Å². The molecule has 6 atom stereocenters. The standard InChI is InChI=1S/C52H82N10O10S/c1-11-62(12-2)26-17-16-20-38(49(70)61-42(32-63)48(69)55-30-43(64)54-31-44(65)57-39(25-27-73-10)47(68)53-9)58-51(72)40(28-33(3)4)59-45(66)34(5)56-50(71)41(29-35-18-14-13-15-19-35)60-46(67)36-21-23-37(24-22-36)52(6,7)8/h13-15,18-19,21-24,33-34,38-42,63H,11-12,16-17,20,25-32H2,1-10H3,(H,53,68)(H,54,64)(H,55,69)(H,56,71)(H,57,65)(H,58,72)(H,59,66)(H,60,67)(H,61,70)/t34-,38-,39-,40?,41?,42?/m0/s1. The van der Waals surface area contributed by atoms with Crippen LogP contribution >= 0.6 is 11.8 Å². The Bertz CT molecular complexity index is 2100. The van der Waals surface area contributed by atoms with E-state index in [2.05, 4.69) is 73.5 Å². The number of nitrogens with one attached hydrogen (secondary N) is 9. The monoisotopic (exact) mass is 1040 g/mol. The fourth-order valence-electron chi connectivity index (χ4n) is 7.49. The van der Waals surface area contributed by atoms with E-state index in [4.69, 9.17) is 0 Å². The van der Waals surface area contributed by atoms with Gasteiger partial charge in [0.25, 0.3) is 5.91 Å². The lowest BCUT2D eigenvalue weighted by Gasteiger charge is -2.27. The molecule has 0 saturated carbocycles. The molecule has 0 aromatic heterocycles. The van der Waals surface area contributed by atoms with Gasteiger partial charge in [-0.2, -0.15) is 11.8 Å². The number of unbranched alkanes of at least 4 members (excludes halogenated alkanes) is 1. The van der Waals surface area contributed by atoms with Gasteiger partial charge in [0.2, 0.25) is 47.3 Å². The minimum Gasteiger partial charge on any atom is -0.394 e. The molecule has 0 aliphatic heterocycles. The summed E-state index contributed by atoms with van der Waals surface area (Å²) in [6, 6.07) is 9.25. The van der Waals surface area contributed by atoms with E-state index in [-0.39, 0.29) is 36.5 Å². The summed E-state index contributed by atoms with van der Waals surface area (Å²) in [4.78, 5) is 122. The molecule has 20 nitrogen and oxygen atoms in total. The van der Waals surface area contributed by atoms with Crippen molar-refractivity contribution in [3.8, 4) is 0 Å². The first-order valence-corrected chi connectivity index (χ1v) is 26.5. The first-order valence-electron chi connectivity index (χ1n) is 25.1. The lowest BCUT2D eigenvalue weighted by atomic mass is 9.86. The average Bonchev–Trinajstić information content (AvgIpc) is 3.36. The number of aliphatic hydroxyl groups is 1. The summed E-state index contributed by atoms with van der Waals surface area (Å²) in [7, 11) is 1.44. The molecule has 0 aliphatic rings. The minimum absolute atomic E-state index is 0.122. The highest BCUT2D eigenvalue weighted by molar-refractivity contribution is 7.98. The summed E-state index contributed by atoms with van der Waals surface area (Å²) in [6.45, 7) is 15.8. The van der Waals surface area contributed by atoms with Crippen molar-refractivity contribution >= 4 is 64.9 Å². The van der Waals surface area contributed by atoms with Crippen molar-refractivity contribution in [1.82, 2.24) is 52.8 Å².